The molecular weight excluding hydrogens is 176 g/mol. The predicted molar refractivity (Wildman–Crippen MR) is 54.2 cm³/mol. The van der Waals surface area contributed by atoms with Gasteiger partial charge in [-0.2, -0.15) is 0 Å². The maximum absolute atomic E-state index is 8.50. The predicted octanol–water partition coefficient (Wildman–Crippen LogP) is 2.12. The number of hydrogen-bond donors (Lipinski definition) is 1. The summed E-state index contributed by atoms with van der Waals surface area (Å²) in [6.07, 6.45) is 6.37. The minimum Gasteiger partial charge on any atom is -0.392 e. The molecule has 0 aromatic rings. The standard InChI is InChI=1S/C8H14OS2/c9-5-2-1-4-8-10-6-3-7-11-8/h1-2,8-9H,3-7H2/b2-1-. The van der Waals surface area contributed by atoms with Crippen LogP contribution in [-0.4, -0.2) is 27.8 Å². The number of hydrogen-bond acceptors (Lipinski definition) is 3. The average Bonchev–Trinajstić information content (AvgIpc) is 2.07. The Hall–Kier alpha value is 0.400. The summed E-state index contributed by atoms with van der Waals surface area (Å²) < 4.78 is 0.742. The molecule has 0 radical (unpaired) electrons. The molecule has 1 nitrogen and oxygen atoms in total. The SMILES string of the molecule is OC/C=C\CC1SCCCS1. The van der Waals surface area contributed by atoms with E-state index in [1.807, 2.05) is 29.6 Å². The Kier molecular flexibility index (Phi) is 5.15. The van der Waals surface area contributed by atoms with Gasteiger partial charge in [-0.3, -0.25) is 0 Å². The van der Waals surface area contributed by atoms with Crippen molar-refractivity contribution >= 4 is 23.5 Å². The summed E-state index contributed by atoms with van der Waals surface area (Å²) in [5, 5.41) is 8.50. The molecule has 0 aromatic heterocycles. The molecule has 11 heavy (non-hydrogen) atoms. The zero-order chi connectivity index (χ0) is 7.94. The fourth-order valence-electron chi connectivity index (χ4n) is 0.955. The third-order valence-electron chi connectivity index (χ3n) is 1.50. The summed E-state index contributed by atoms with van der Waals surface area (Å²) in [6, 6.07) is 0. The first-order chi connectivity index (χ1) is 5.43. The molecule has 1 aliphatic rings. The van der Waals surface area contributed by atoms with Crippen molar-refractivity contribution in [2.24, 2.45) is 0 Å². The molecule has 1 rings (SSSR count). The highest BCUT2D eigenvalue weighted by molar-refractivity contribution is 8.17. The highest BCUT2D eigenvalue weighted by Crippen LogP contribution is 2.32. The topological polar surface area (TPSA) is 20.2 Å². The Balaban J connectivity index is 2.09. The van der Waals surface area contributed by atoms with Gasteiger partial charge in [0.05, 0.1) is 11.2 Å². The van der Waals surface area contributed by atoms with E-state index in [2.05, 4.69) is 6.08 Å². The zero-order valence-electron chi connectivity index (χ0n) is 6.53. The molecule has 3 heteroatoms. The van der Waals surface area contributed by atoms with Crippen molar-refractivity contribution in [3.05, 3.63) is 12.2 Å². The number of allylic oxidation sites excluding steroid dienone is 1. The van der Waals surface area contributed by atoms with Crippen molar-refractivity contribution in [3.63, 3.8) is 0 Å². The van der Waals surface area contributed by atoms with Gasteiger partial charge in [0.1, 0.15) is 0 Å². The summed E-state index contributed by atoms with van der Waals surface area (Å²) in [5.74, 6) is 2.62. The van der Waals surface area contributed by atoms with Gasteiger partial charge in [0, 0.05) is 0 Å². The smallest absolute Gasteiger partial charge is 0.0612 e. The van der Waals surface area contributed by atoms with Gasteiger partial charge < -0.3 is 5.11 Å². The first-order valence-corrected chi connectivity index (χ1v) is 6.02. The van der Waals surface area contributed by atoms with Gasteiger partial charge >= 0.3 is 0 Å². The van der Waals surface area contributed by atoms with Gasteiger partial charge in [0.2, 0.25) is 0 Å². The van der Waals surface area contributed by atoms with E-state index in [-0.39, 0.29) is 6.61 Å². The quantitative estimate of drug-likeness (QED) is 0.688. The number of aliphatic hydroxyl groups is 1. The number of aliphatic hydroxyl groups excluding tert-OH is 1. The van der Waals surface area contributed by atoms with E-state index in [1.54, 1.807) is 0 Å². The van der Waals surface area contributed by atoms with E-state index in [1.165, 1.54) is 17.9 Å². The maximum Gasteiger partial charge on any atom is 0.0612 e. The average molecular weight is 190 g/mol. The van der Waals surface area contributed by atoms with Gasteiger partial charge in [-0.25, -0.2) is 0 Å². The van der Waals surface area contributed by atoms with E-state index >= 15 is 0 Å². The Labute approximate surface area is 76.6 Å². The fourth-order valence-corrected chi connectivity index (χ4v) is 3.74. The van der Waals surface area contributed by atoms with Crippen molar-refractivity contribution < 1.29 is 5.11 Å². The Morgan fingerprint density at radius 2 is 2.00 bits per heavy atom. The molecule has 0 aromatic carbocycles. The second kappa shape index (κ2) is 5.98. The van der Waals surface area contributed by atoms with Crippen LogP contribution in [0, 0.1) is 0 Å². The van der Waals surface area contributed by atoms with E-state index in [4.69, 9.17) is 5.11 Å². The number of rotatable bonds is 3. The first-order valence-electron chi connectivity index (χ1n) is 3.92. The van der Waals surface area contributed by atoms with E-state index in [0.717, 1.165) is 11.0 Å². The lowest BCUT2D eigenvalue weighted by Gasteiger charge is -2.18. The van der Waals surface area contributed by atoms with Crippen molar-refractivity contribution in [3.8, 4) is 0 Å². The Morgan fingerprint density at radius 1 is 1.27 bits per heavy atom. The fraction of sp³-hybridized carbons (Fsp3) is 0.750. The van der Waals surface area contributed by atoms with Crippen LogP contribution in [0.2, 0.25) is 0 Å². The molecule has 0 bridgehead atoms. The molecule has 0 spiro atoms. The normalized spacial score (nSPS) is 21.2. The lowest BCUT2D eigenvalue weighted by molar-refractivity contribution is 0.342. The molecule has 1 aliphatic heterocycles. The second-order valence-electron chi connectivity index (χ2n) is 2.41. The Morgan fingerprint density at radius 3 is 2.64 bits per heavy atom. The minimum absolute atomic E-state index is 0.183. The van der Waals surface area contributed by atoms with Crippen LogP contribution in [-0.2, 0) is 0 Å². The van der Waals surface area contributed by atoms with E-state index in [9.17, 15) is 0 Å². The van der Waals surface area contributed by atoms with Crippen molar-refractivity contribution in [1.29, 1.82) is 0 Å². The molecule has 0 atom stereocenters. The molecule has 0 amide bonds. The van der Waals surface area contributed by atoms with Crippen molar-refractivity contribution in [2.75, 3.05) is 18.1 Å². The summed E-state index contributed by atoms with van der Waals surface area (Å²) in [5.41, 5.74) is 0. The third-order valence-corrected chi connectivity index (χ3v) is 4.49. The van der Waals surface area contributed by atoms with Crippen LogP contribution in [0.15, 0.2) is 12.2 Å². The minimum atomic E-state index is 0.183. The first kappa shape index (κ1) is 9.49. The largest absolute Gasteiger partial charge is 0.392 e. The lowest BCUT2D eigenvalue weighted by Crippen LogP contribution is -2.05. The van der Waals surface area contributed by atoms with Crippen LogP contribution in [0.25, 0.3) is 0 Å². The summed E-state index contributed by atoms with van der Waals surface area (Å²) >= 11 is 4.09. The van der Waals surface area contributed by atoms with E-state index in [0.29, 0.717) is 0 Å². The van der Waals surface area contributed by atoms with E-state index < -0.39 is 0 Å². The highest BCUT2D eigenvalue weighted by Gasteiger charge is 2.11. The van der Waals surface area contributed by atoms with Gasteiger partial charge in [0.15, 0.2) is 0 Å². The molecule has 1 saturated heterocycles. The lowest BCUT2D eigenvalue weighted by atomic mass is 10.4. The molecular formula is C8H14OS2. The molecule has 0 aliphatic carbocycles. The summed E-state index contributed by atoms with van der Waals surface area (Å²) in [7, 11) is 0. The molecule has 1 N–H and O–H groups in total. The van der Waals surface area contributed by atoms with Crippen molar-refractivity contribution in [2.45, 2.75) is 17.4 Å². The monoisotopic (exact) mass is 190 g/mol. The van der Waals surface area contributed by atoms with Crippen LogP contribution >= 0.6 is 23.5 Å². The summed E-state index contributed by atoms with van der Waals surface area (Å²) in [4.78, 5) is 0. The molecule has 1 heterocycles. The van der Waals surface area contributed by atoms with Crippen LogP contribution < -0.4 is 0 Å². The Bertz CT molecular complexity index is 119. The van der Waals surface area contributed by atoms with Gasteiger partial charge in [-0.1, -0.05) is 12.2 Å². The molecule has 0 unspecified atom stereocenters. The van der Waals surface area contributed by atoms with Crippen LogP contribution in [0.4, 0.5) is 0 Å². The molecule has 0 saturated carbocycles. The van der Waals surface area contributed by atoms with Crippen LogP contribution in [0.1, 0.15) is 12.8 Å². The number of thioether (sulfide) groups is 2. The second-order valence-corrected chi connectivity index (χ2v) is 5.33. The van der Waals surface area contributed by atoms with Crippen LogP contribution in [0.5, 0.6) is 0 Å². The van der Waals surface area contributed by atoms with Crippen molar-refractivity contribution in [1.82, 2.24) is 0 Å². The maximum atomic E-state index is 8.50. The van der Waals surface area contributed by atoms with Crippen LogP contribution in [0.3, 0.4) is 0 Å². The van der Waals surface area contributed by atoms with Gasteiger partial charge in [-0.15, -0.1) is 23.5 Å². The molecule has 1 fully saturated rings. The highest BCUT2D eigenvalue weighted by atomic mass is 32.2. The zero-order valence-corrected chi connectivity index (χ0v) is 8.16. The van der Waals surface area contributed by atoms with Gasteiger partial charge in [0.25, 0.3) is 0 Å². The van der Waals surface area contributed by atoms with Gasteiger partial charge in [-0.05, 0) is 24.3 Å². The summed E-state index contributed by atoms with van der Waals surface area (Å²) in [6.45, 7) is 0.183. The molecule has 64 valence electrons. The third kappa shape index (κ3) is 4.09.